The van der Waals surface area contributed by atoms with Gasteiger partial charge in [-0.3, -0.25) is 0 Å². The first kappa shape index (κ1) is 9.67. The molecular formula is C12H15N. The van der Waals surface area contributed by atoms with Crippen LogP contribution in [0.4, 0.5) is 5.69 Å². The van der Waals surface area contributed by atoms with Gasteiger partial charge in [0.25, 0.3) is 0 Å². The summed E-state index contributed by atoms with van der Waals surface area (Å²) in [4.78, 5) is 0. The molecule has 1 aromatic rings. The van der Waals surface area contributed by atoms with Gasteiger partial charge in [-0.25, -0.2) is 0 Å². The summed E-state index contributed by atoms with van der Waals surface area (Å²) in [5, 5.41) is 3.32. The zero-order valence-electron chi connectivity index (χ0n) is 8.01. The lowest BCUT2D eigenvalue weighted by Gasteiger charge is -2.08. The van der Waals surface area contributed by atoms with E-state index in [-0.39, 0.29) is 0 Å². The van der Waals surface area contributed by atoms with Gasteiger partial charge in [-0.15, -0.1) is 12.3 Å². The first-order valence-electron chi connectivity index (χ1n) is 4.63. The van der Waals surface area contributed by atoms with Gasteiger partial charge in [0.2, 0.25) is 0 Å². The Morgan fingerprint density at radius 1 is 1.38 bits per heavy atom. The first-order valence-corrected chi connectivity index (χ1v) is 4.63. The molecule has 0 aliphatic rings. The second-order valence-corrected chi connectivity index (χ2v) is 2.89. The Morgan fingerprint density at radius 3 is 2.85 bits per heavy atom. The van der Waals surface area contributed by atoms with Crippen LogP contribution in [-0.2, 0) is 6.42 Å². The van der Waals surface area contributed by atoms with Crippen molar-refractivity contribution in [3.8, 4) is 12.3 Å². The van der Waals surface area contributed by atoms with E-state index in [0.29, 0.717) is 0 Å². The molecule has 0 unspecified atom stereocenters. The average Bonchev–Trinajstić information content (AvgIpc) is 2.19. The summed E-state index contributed by atoms with van der Waals surface area (Å²) in [7, 11) is 0. The highest BCUT2D eigenvalue weighted by Crippen LogP contribution is 2.14. The largest absolute Gasteiger partial charge is 0.384 e. The van der Waals surface area contributed by atoms with E-state index in [9.17, 15) is 0 Å². The third-order valence-corrected chi connectivity index (χ3v) is 1.98. The molecule has 68 valence electrons. The maximum Gasteiger partial charge on any atom is 0.0372 e. The van der Waals surface area contributed by atoms with Crippen LogP contribution in [0, 0.1) is 12.3 Å². The molecule has 0 spiro atoms. The molecule has 0 saturated heterocycles. The number of aryl methyl sites for hydroxylation is 1. The Balaban J connectivity index is 2.60. The fourth-order valence-corrected chi connectivity index (χ4v) is 1.27. The molecule has 0 saturated carbocycles. The van der Waals surface area contributed by atoms with Crippen molar-refractivity contribution in [2.45, 2.75) is 19.8 Å². The van der Waals surface area contributed by atoms with Gasteiger partial charge >= 0.3 is 0 Å². The fraction of sp³-hybridized carbons (Fsp3) is 0.333. The molecule has 0 atom stereocenters. The van der Waals surface area contributed by atoms with E-state index in [0.717, 1.165) is 19.4 Å². The zero-order valence-corrected chi connectivity index (χ0v) is 8.01. The van der Waals surface area contributed by atoms with Crippen molar-refractivity contribution in [3.05, 3.63) is 29.8 Å². The van der Waals surface area contributed by atoms with E-state index in [1.165, 1.54) is 11.3 Å². The number of hydrogen-bond donors (Lipinski definition) is 1. The normalized spacial score (nSPS) is 9.23. The second kappa shape index (κ2) is 5.27. The van der Waals surface area contributed by atoms with Gasteiger partial charge in [0.1, 0.15) is 0 Å². The Bertz CT molecular complexity index is 296. The van der Waals surface area contributed by atoms with Crippen molar-refractivity contribution in [3.63, 3.8) is 0 Å². The predicted octanol–water partition coefficient (Wildman–Crippen LogP) is 2.68. The summed E-state index contributed by atoms with van der Waals surface area (Å²) in [5.74, 6) is 2.61. The van der Waals surface area contributed by atoms with Crippen LogP contribution in [0.15, 0.2) is 24.3 Å². The summed E-state index contributed by atoms with van der Waals surface area (Å²) >= 11 is 0. The first-order chi connectivity index (χ1) is 6.38. The molecule has 1 aromatic carbocycles. The Hall–Kier alpha value is -1.42. The molecule has 0 fully saturated rings. The second-order valence-electron chi connectivity index (χ2n) is 2.89. The molecular weight excluding hydrogens is 158 g/mol. The van der Waals surface area contributed by atoms with Crippen molar-refractivity contribution >= 4 is 5.69 Å². The highest BCUT2D eigenvalue weighted by atomic mass is 14.9. The molecule has 1 heteroatoms. The van der Waals surface area contributed by atoms with Gasteiger partial charge in [0.05, 0.1) is 0 Å². The minimum atomic E-state index is 0.776. The summed E-state index contributed by atoms with van der Waals surface area (Å²) in [6.07, 6.45) is 7.00. The van der Waals surface area contributed by atoms with Crippen molar-refractivity contribution in [2.24, 2.45) is 0 Å². The molecule has 1 rings (SSSR count). The number of rotatable bonds is 4. The summed E-state index contributed by atoms with van der Waals surface area (Å²) in [6, 6.07) is 8.33. The average molecular weight is 173 g/mol. The standard InChI is InChI=1S/C12H15N/c1-3-5-10-13-12-9-7-6-8-11(12)4-2/h1,6-9,13H,4-5,10H2,2H3. The SMILES string of the molecule is C#CCCNc1ccccc1CC. The number of anilines is 1. The zero-order chi connectivity index (χ0) is 9.52. The number of benzene rings is 1. The van der Waals surface area contributed by atoms with Gasteiger partial charge in [0, 0.05) is 18.7 Å². The highest BCUT2D eigenvalue weighted by molar-refractivity contribution is 5.51. The number of terminal acetylenes is 1. The minimum absolute atomic E-state index is 0.776. The van der Waals surface area contributed by atoms with Crippen molar-refractivity contribution < 1.29 is 0 Å². The third-order valence-electron chi connectivity index (χ3n) is 1.98. The van der Waals surface area contributed by atoms with Gasteiger partial charge in [-0.05, 0) is 18.1 Å². The molecule has 1 nitrogen and oxygen atoms in total. The van der Waals surface area contributed by atoms with Crippen molar-refractivity contribution in [1.29, 1.82) is 0 Å². The Morgan fingerprint density at radius 2 is 2.15 bits per heavy atom. The summed E-state index contributed by atoms with van der Waals surface area (Å²) in [6.45, 7) is 3.01. The summed E-state index contributed by atoms with van der Waals surface area (Å²) in [5.41, 5.74) is 2.56. The molecule has 0 radical (unpaired) electrons. The third kappa shape index (κ3) is 2.83. The molecule has 0 heterocycles. The van der Waals surface area contributed by atoms with E-state index in [1.54, 1.807) is 0 Å². The monoisotopic (exact) mass is 173 g/mol. The quantitative estimate of drug-likeness (QED) is 0.545. The maximum atomic E-state index is 5.17. The number of para-hydroxylation sites is 1. The van der Waals surface area contributed by atoms with Crippen LogP contribution >= 0.6 is 0 Å². The Labute approximate surface area is 80.2 Å². The van der Waals surface area contributed by atoms with Crippen LogP contribution < -0.4 is 5.32 Å². The molecule has 13 heavy (non-hydrogen) atoms. The highest BCUT2D eigenvalue weighted by Gasteiger charge is 1.96. The maximum absolute atomic E-state index is 5.17. The van der Waals surface area contributed by atoms with Crippen molar-refractivity contribution in [2.75, 3.05) is 11.9 Å². The molecule has 0 amide bonds. The van der Waals surface area contributed by atoms with Crippen LogP contribution in [0.2, 0.25) is 0 Å². The molecule has 1 N–H and O–H groups in total. The predicted molar refractivity (Wildman–Crippen MR) is 57.8 cm³/mol. The van der Waals surface area contributed by atoms with Crippen LogP contribution in [0.1, 0.15) is 18.9 Å². The number of hydrogen-bond acceptors (Lipinski definition) is 1. The van der Waals surface area contributed by atoms with Crippen LogP contribution in [0.25, 0.3) is 0 Å². The Kier molecular flexibility index (Phi) is 3.92. The lowest BCUT2D eigenvalue weighted by atomic mass is 10.1. The molecule has 0 bridgehead atoms. The van der Waals surface area contributed by atoms with Crippen LogP contribution in [0.5, 0.6) is 0 Å². The van der Waals surface area contributed by atoms with Gasteiger partial charge in [0.15, 0.2) is 0 Å². The van der Waals surface area contributed by atoms with E-state index >= 15 is 0 Å². The lowest BCUT2D eigenvalue weighted by Crippen LogP contribution is -2.02. The lowest BCUT2D eigenvalue weighted by molar-refractivity contribution is 1.07. The van der Waals surface area contributed by atoms with Gasteiger partial charge < -0.3 is 5.32 Å². The van der Waals surface area contributed by atoms with Crippen LogP contribution in [-0.4, -0.2) is 6.54 Å². The van der Waals surface area contributed by atoms with Gasteiger partial charge in [-0.2, -0.15) is 0 Å². The fourth-order valence-electron chi connectivity index (χ4n) is 1.27. The topological polar surface area (TPSA) is 12.0 Å². The molecule has 0 aliphatic carbocycles. The van der Waals surface area contributed by atoms with E-state index < -0.39 is 0 Å². The van der Waals surface area contributed by atoms with Crippen LogP contribution in [0.3, 0.4) is 0 Å². The smallest absolute Gasteiger partial charge is 0.0372 e. The van der Waals surface area contributed by atoms with E-state index in [1.807, 2.05) is 6.07 Å². The molecule has 0 aliphatic heterocycles. The van der Waals surface area contributed by atoms with E-state index in [4.69, 9.17) is 6.42 Å². The van der Waals surface area contributed by atoms with Crippen molar-refractivity contribution in [1.82, 2.24) is 0 Å². The minimum Gasteiger partial charge on any atom is -0.384 e. The van der Waals surface area contributed by atoms with E-state index in [2.05, 4.69) is 36.4 Å². The van der Waals surface area contributed by atoms with Gasteiger partial charge in [-0.1, -0.05) is 25.1 Å². The summed E-state index contributed by atoms with van der Waals surface area (Å²) < 4.78 is 0. The number of nitrogens with one attached hydrogen (secondary N) is 1. The molecule has 0 aromatic heterocycles.